The molecule has 1 heterocycles. The quantitative estimate of drug-likeness (QED) is 0.754. The van der Waals surface area contributed by atoms with Gasteiger partial charge in [0.05, 0.1) is 0 Å². The van der Waals surface area contributed by atoms with Crippen LogP contribution in [0.25, 0.3) is 0 Å². The van der Waals surface area contributed by atoms with E-state index in [0.29, 0.717) is 13.2 Å². The number of aliphatic hydroxyl groups is 1. The van der Waals surface area contributed by atoms with Crippen molar-refractivity contribution in [1.82, 2.24) is 5.32 Å². The van der Waals surface area contributed by atoms with Gasteiger partial charge in [-0.3, -0.25) is 0 Å². The number of nitrogens with one attached hydrogen (secondary N) is 1. The largest absolute Gasteiger partial charge is 0.486 e. The van der Waals surface area contributed by atoms with Gasteiger partial charge in [0, 0.05) is 13.2 Å². The minimum Gasteiger partial charge on any atom is -0.486 e. The second kappa shape index (κ2) is 6.61. The fourth-order valence-electron chi connectivity index (χ4n) is 2.01. The number of rotatable bonds is 6. The van der Waals surface area contributed by atoms with Crippen LogP contribution < -0.4 is 14.8 Å². The molecule has 2 N–H and O–H groups in total. The molecule has 0 bridgehead atoms. The third-order valence-electron chi connectivity index (χ3n) is 3.08. The zero-order valence-electron chi connectivity index (χ0n) is 10.9. The molecule has 1 aromatic carbocycles. The fraction of sp³-hybridized carbons (Fsp3) is 0.571. The van der Waals surface area contributed by atoms with Gasteiger partial charge < -0.3 is 19.9 Å². The van der Waals surface area contributed by atoms with Crippen LogP contribution in [0.3, 0.4) is 0 Å². The topological polar surface area (TPSA) is 50.7 Å². The average molecular weight is 251 g/mol. The Labute approximate surface area is 108 Å². The molecule has 18 heavy (non-hydrogen) atoms. The van der Waals surface area contributed by atoms with Crippen molar-refractivity contribution in [2.24, 2.45) is 0 Å². The van der Waals surface area contributed by atoms with E-state index >= 15 is 0 Å². The lowest BCUT2D eigenvalue weighted by atomic mass is 10.1. The highest BCUT2D eigenvalue weighted by Gasteiger charge is 2.13. The Bertz CT molecular complexity index is 393. The van der Waals surface area contributed by atoms with Crippen molar-refractivity contribution >= 4 is 0 Å². The number of hydrogen-bond acceptors (Lipinski definition) is 4. The third kappa shape index (κ3) is 3.37. The molecule has 2 rings (SSSR count). The molecule has 0 radical (unpaired) electrons. The Balaban J connectivity index is 1.91. The molecule has 0 aliphatic carbocycles. The maximum atomic E-state index is 8.70. The van der Waals surface area contributed by atoms with Crippen LogP contribution in [0.15, 0.2) is 12.1 Å². The van der Waals surface area contributed by atoms with Crippen molar-refractivity contribution in [2.75, 3.05) is 26.4 Å². The van der Waals surface area contributed by atoms with Crippen LogP contribution in [0, 0.1) is 6.92 Å². The van der Waals surface area contributed by atoms with E-state index < -0.39 is 0 Å². The summed E-state index contributed by atoms with van der Waals surface area (Å²) in [7, 11) is 0. The van der Waals surface area contributed by atoms with Crippen LogP contribution in [0.5, 0.6) is 11.5 Å². The molecule has 0 spiro atoms. The van der Waals surface area contributed by atoms with Crippen LogP contribution in [0.2, 0.25) is 0 Å². The van der Waals surface area contributed by atoms with Gasteiger partial charge in [-0.1, -0.05) is 0 Å². The predicted octanol–water partition coefficient (Wildman–Crippen LogP) is 1.63. The average Bonchev–Trinajstić information content (AvgIpc) is 2.39. The molecule has 1 aliphatic rings. The van der Waals surface area contributed by atoms with Gasteiger partial charge in [0.2, 0.25) is 0 Å². The lowest BCUT2D eigenvalue weighted by Gasteiger charge is -2.20. The van der Waals surface area contributed by atoms with E-state index in [4.69, 9.17) is 14.6 Å². The van der Waals surface area contributed by atoms with Crippen molar-refractivity contribution in [3.63, 3.8) is 0 Å². The summed E-state index contributed by atoms with van der Waals surface area (Å²) in [5.41, 5.74) is 2.46. The first-order chi connectivity index (χ1) is 8.81. The summed E-state index contributed by atoms with van der Waals surface area (Å²) in [5, 5.41) is 12.1. The lowest BCUT2D eigenvalue weighted by molar-refractivity contribution is 0.171. The highest BCUT2D eigenvalue weighted by atomic mass is 16.6. The van der Waals surface area contributed by atoms with Gasteiger partial charge in [-0.2, -0.15) is 0 Å². The van der Waals surface area contributed by atoms with E-state index in [9.17, 15) is 0 Å². The number of aliphatic hydroxyl groups excluding tert-OH is 1. The Morgan fingerprint density at radius 1 is 1.17 bits per heavy atom. The summed E-state index contributed by atoms with van der Waals surface area (Å²) >= 11 is 0. The Hall–Kier alpha value is -1.26. The molecule has 0 fully saturated rings. The Morgan fingerprint density at radius 2 is 1.89 bits per heavy atom. The maximum Gasteiger partial charge on any atom is 0.161 e. The van der Waals surface area contributed by atoms with Gasteiger partial charge in [0.25, 0.3) is 0 Å². The molecule has 4 heteroatoms. The predicted molar refractivity (Wildman–Crippen MR) is 70.2 cm³/mol. The van der Waals surface area contributed by atoms with Crippen molar-refractivity contribution in [2.45, 2.75) is 26.3 Å². The first-order valence-electron chi connectivity index (χ1n) is 6.52. The number of unbranched alkanes of at least 4 members (excludes halogenated alkanes) is 1. The SMILES string of the molecule is Cc1cc2c(cc1CNCCCCO)OCCO2. The number of fused-ring (bicyclic) bond motifs is 1. The van der Waals surface area contributed by atoms with Crippen LogP contribution in [0.1, 0.15) is 24.0 Å². The van der Waals surface area contributed by atoms with Crippen molar-refractivity contribution in [1.29, 1.82) is 0 Å². The monoisotopic (exact) mass is 251 g/mol. The number of ether oxygens (including phenoxy) is 2. The van der Waals surface area contributed by atoms with E-state index in [1.807, 2.05) is 6.07 Å². The first-order valence-corrected chi connectivity index (χ1v) is 6.52. The third-order valence-corrected chi connectivity index (χ3v) is 3.08. The molecule has 0 saturated heterocycles. The Kier molecular flexibility index (Phi) is 4.84. The molecule has 0 atom stereocenters. The molecule has 0 amide bonds. The van der Waals surface area contributed by atoms with Gasteiger partial charge in [-0.25, -0.2) is 0 Å². The van der Waals surface area contributed by atoms with E-state index in [1.54, 1.807) is 0 Å². The van der Waals surface area contributed by atoms with Crippen LogP contribution >= 0.6 is 0 Å². The van der Waals surface area contributed by atoms with Crippen LogP contribution in [-0.4, -0.2) is 31.5 Å². The van der Waals surface area contributed by atoms with Crippen molar-refractivity contribution in [3.8, 4) is 11.5 Å². The summed E-state index contributed by atoms with van der Waals surface area (Å²) in [6.07, 6.45) is 1.85. The lowest BCUT2D eigenvalue weighted by Crippen LogP contribution is -2.18. The second-order valence-corrected chi connectivity index (χ2v) is 4.53. The van der Waals surface area contributed by atoms with E-state index in [-0.39, 0.29) is 6.61 Å². The summed E-state index contributed by atoms with van der Waals surface area (Å²) in [4.78, 5) is 0. The van der Waals surface area contributed by atoms with E-state index in [0.717, 1.165) is 37.4 Å². The second-order valence-electron chi connectivity index (χ2n) is 4.53. The molecule has 100 valence electrons. The summed E-state index contributed by atoms with van der Waals surface area (Å²) in [6.45, 7) is 5.36. The zero-order valence-corrected chi connectivity index (χ0v) is 10.9. The van der Waals surface area contributed by atoms with Crippen LogP contribution in [0.4, 0.5) is 0 Å². The highest BCUT2D eigenvalue weighted by molar-refractivity contribution is 5.47. The molecule has 0 saturated carbocycles. The van der Waals surface area contributed by atoms with Gasteiger partial charge >= 0.3 is 0 Å². The standard InChI is InChI=1S/C14H21NO3/c1-11-8-13-14(18-7-6-17-13)9-12(11)10-15-4-2-3-5-16/h8-9,15-16H,2-7,10H2,1H3. The highest BCUT2D eigenvalue weighted by Crippen LogP contribution is 2.32. The van der Waals surface area contributed by atoms with E-state index in [2.05, 4.69) is 18.3 Å². The number of aryl methyl sites for hydroxylation is 1. The summed E-state index contributed by atoms with van der Waals surface area (Å²) in [6, 6.07) is 4.10. The van der Waals surface area contributed by atoms with Gasteiger partial charge in [-0.05, 0) is 49.6 Å². The van der Waals surface area contributed by atoms with Gasteiger partial charge in [0.15, 0.2) is 11.5 Å². The van der Waals surface area contributed by atoms with Crippen molar-refractivity contribution < 1.29 is 14.6 Å². The number of hydrogen-bond donors (Lipinski definition) is 2. The fourth-order valence-corrected chi connectivity index (χ4v) is 2.01. The molecule has 1 aromatic rings. The van der Waals surface area contributed by atoms with Crippen LogP contribution in [-0.2, 0) is 6.54 Å². The summed E-state index contributed by atoms with van der Waals surface area (Å²) in [5.74, 6) is 1.70. The smallest absolute Gasteiger partial charge is 0.161 e. The maximum absolute atomic E-state index is 8.70. The van der Waals surface area contributed by atoms with Crippen molar-refractivity contribution in [3.05, 3.63) is 23.3 Å². The molecule has 1 aliphatic heterocycles. The van der Waals surface area contributed by atoms with Gasteiger partial charge in [0.1, 0.15) is 13.2 Å². The van der Waals surface area contributed by atoms with E-state index in [1.165, 1.54) is 11.1 Å². The summed E-state index contributed by atoms with van der Waals surface area (Å²) < 4.78 is 11.1. The van der Waals surface area contributed by atoms with Gasteiger partial charge in [-0.15, -0.1) is 0 Å². The zero-order chi connectivity index (χ0) is 12.8. The molecule has 0 unspecified atom stereocenters. The Morgan fingerprint density at radius 3 is 2.61 bits per heavy atom. The minimum absolute atomic E-state index is 0.269. The minimum atomic E-state index is 0.269. The molecule has 0 aromatic heterocycles. The molecular weight excluding hydrogens is 230 g/mol. The molecular formula is C14H21NO3. The first kappa shape index (κ1) is 13.2. The normalized spacial score (nSPS) is 13.7. The molecule has 4 nitrogen and oxygen atoms in total. The number of benzene rings is 1.